The topological polar surface area (TPSA) is 21.3 Å². The second-order valence-corrected chi connectivity index (χ2v) is 5.25. The molecule has 0 bridgehead atoms. The molecule has 0 saturated heterocycles. The van der Waals surface area contributed by atoms with Gasteiger partial charge in [-0.2, -0.15) is 11.8 Å². The minimum atomic E-state index is 0.767. The standard InChI is InChI=1S/C11H25NOS/c1-5-13-8-6-12-7-9-14-11(4)10(2)3/h10-12H,5-9H2,1-4H3. The Morgan fingerprint density at radius 3 is 2.50 bits per heavy atom. The van der Waals surface area contributed by atoms with Gasteiger partial charge in [-0.05, 0) is 12.8 Å². The summed E-state index contributed by atoms with van der Waals surface area (Å²) in [6.07, 6.45) is 0. The summed E-state index contributed by atoms with van der Waals surface area (Å²) in [6.45, 7) is 12.6. The Labute approximate surface area is 93.2 Å². The van der Waals surface area contributed by atoms with Gasteiger partial charge in [0.05, 0.1) is 6.61 Å². The third-order valence-electron chi connectivity index (χ3n) is 2.23. The first-order valence-corrected chi connectivity index (χ1v) is 6.63. The van der Waals surface area contributed by atoms with E-state index in [2.05, 4.69) is 26.1 Å². The van der Waals surface area contributed by atoms with E-state index in [-0.39, 0.29) is 0 Å². The van der Waals surface area contributed by atoms with E-state index in [1.807, 2.05) is 18.7 Å². The Kier molecular flexibility index (Phi) is 10.0. The van der Waals surface area contributed by atoms with Crippen LogP contribution in [0.1, 0.15) is 27.7 Å². The number of hydrogen-bond acceptors (Lipinski definition) is 3. The summed E-state index contributed by atoms with van der Waals surface area (Å²) in [7, 11) is 0. The van der Waals surface area contributed by atoms with Gasteiger partial charge in [-0.1, -0.05) is 20.8 Å². The minimum Gasteiger partial charge on any atom is -0.380 e. The Balaban J connectivity index is 3.06. The van der Waals surface area contributed by atoms with Crippen LogP contribution in [0.2, 0.25) is 0 Å². The molecule has 0 aliphatic rings. The Morgan fingerprint density at radius 2 is 1.93 bits per heavy atom. The van der Waals surface area contributed by atoms with Crippen molar-refractivity contribution in [3.63, 3.8) is 0 Å². The number of nitrogens with one attached hydrogen (secondary N) is 1. The number of rotatable bonds is 9. The van der Waals surface area contributed by atoms with Crippen molar-refractivity contribution in [2.24, 2.45) is 5.92 Å². The summed E-state index contributed by atoms with van der Waals surface area (Å²) in [5, 5.41) is 4.14. The summed E-state index contributed by atoms with van der Waals surface area (Å²) in [6, 6.07) is 0. The molecule has 86 valence electrons. The van der Waals surface area contributed by atoms with Gasteiger partial charge in [-0.3, -0.25) is 0 Å². The van der Waals surface area contributed by atoms with Crippen LogP contribution in [0, 0.1) is 5.92 Å². The predicted molar refractivity (Wildman–Crippen MR) is 66.1 cm³/mol. The van der Waals surface area contributed by atoms with Gasteiger partial charge in [-0.25, -0.2) is 0 Å². The van der Waals surface area contributed by atoms with Gasteiger partial charge in [0.25, 0.3) is 0 Å². The smallest absolute Gasteiger partial charge is 0.0590 e. The molecule has 0 heterocycles. The summed E-state index contributed by atoms with van der Waals surface area (Å²) >= 11 is 2.04. The molecule has 3 heteroatoms. The molecule has 1 atom stereocenters. The molecule has 0 rings (SSSR count). The second-order valence-electron chi connectivity index (χ2n) is 3.77. The first-order chi connectivity index (χ1) is 6.68. The molecule has 14 heavy (non-hydrogen) atoms. The van der Waals surface area contributed by atoms with Crippen molar-refractivity contribution in [3.8, 4) is 0 Å². The molecule has 0 spiro atoms. The molecule has 1 unspecified atom stereocenters. The lowest BCUT2D eigenvalue weighted by atomic mass is 10.2. The first kappa shape index (κ1) is 14.3. The van der Waals surface area contributed by atoms with Crippen LogP contribution >= 0.6 is 11.8 Å². The quantitative estimate of drug-likeness (QED) is 0.602. The minimum absolute atomic E-state index is 0.767. The van der Waals surface area contributed by atoms with Crippen molar-refractivity contribution < 1.29 is 4.74 Å². The molecular weight excluding hydrogens is 194 g/mol. The maximum atomic E-state index is 5.23. The number of hydrogen-bond donors (Lipinski definition) is 1. The van der Waals surface area contributed by atoms with Gasteiger partial charge in [-0.15, -0.1) is 0 Å². The number of thioether (sulfide) groups is 1. The third-order valence-corrected chi connectivity index (χ3v) is 3.74. The highest BCUT2D eigenvalue weighted by molar-refractivity contribution is 7.99. The Hall–Kier alpha value is 0.270. The highest BCUT2D eigenvalue weighted by atomic mass is 32.2. The molecule has 0 fully saturated rings. The molecule has 0 aromatic rings. The van der Waals surface area contributed by atoms with E-state index in [0.29, 0.717) is 0 Å². The fourth-order valence-corrected chi connectivity index (χ4v) is 1.94. The normalized spacial score (nSPS) is 13.5. The van der Waals surface area contributed by atoms with E-state index in [9.17, 15) is 0 Å². The maximum absolute atomic E-state index is 5.23. The summed E-state index contributed by atoms with van der Waals surface area (Å²) < 4.78 is 5.23. The zero-order valence-electron chi connectivity index (χ0n) is 10.0. The van der Waals surface area contributed by atoms with Crippen LogP contribution in [0.15, 0.2) is 0 Å². The molecule has 0 amide bonds. The first-order valence-electron chi connectivity index (χ1n) is 5.58. The van der Waals surface area contributed by atoms with Gasteiger partial charge in [0.2, 0.25) is 0 Å². The highest BCUT2D eigenvalue weighted by Gasteiger charge is 2.05. The summed E-state index contributed by atoms with van der Waals surface area (Å²) in [5.74, 6) is 1.98. The van der Waals surface area contributed by atoms with Crippen LogP contribution in [0.5, 0.6) is 0 Å². The van der Waals surface area contributed by atoms with Crippen molar-refractivity contribution in [2.75, 3.05) is 32.1 Å². The summed E-state index contributed by atoms with van der Waals surface area (Å²) in [5.41, 5.74) is 0. The maximum Gasteiger partial charge on any atom is 0.0590 e. The monoisotopic (exact) mass is 219 g/mol. The van der Waals surface area contributed by atoms with Crippen molar-refractivity contribution in [1.29, 1.82) is 0 Å². The Bertz CT molecular complexity index is 120. The van der Waals surface area contributed by atoms with Crippen LogP contribution in [0.4, 0.5) is 0 Å². The third kappa shape index (κ3) is 8.85. The van der Waals surface area contributed by atoms with Crippen LogP contribution < -0.4 is 5.32 Å². The molecule has 1 N–H and O–H groups in total. The predicted octanol–water partition coefficient (Wildman–Crippen LogP) is 2.39. The number of ether oxygens (including phenoxy) is 1. The molecule has 0 aliphatic carbocycles. The van der Waals surface area contributed by atoms with E-state index in [4.69, 9.17) is 4.74 Å². The molecule has 2 nitrogen and oxygen atoms in total. The van der Waals surface area contributed by atoms with Crippen molar-refractivity contribution >= 4 is 11.8 Å². The molecule has 0 aromatic heterocycles. The molecular formula is C11H25NOS. The van der Waals surface area contributed by atoms with Gasteiger partial charge in [0.15, 0.2) is 0 Å². The molecule has 0 radical (unpaired) electrons. The van der Waals surface area contributed by atoms with Crippen molar-refractivity contribution in [2.45, 2.75) is 32.9 Å². The van der Waals surface area contributed by atoms with Crippen molar-refractivity contribution in [3.05, 3.63) is 0 Å². The lowest BCUT2D eigenvalue weighted by molar-refractivity contribution is 0.150. The molecule has 0 aliphatic heterocycles. The van der Waals surface area contributed by atoms with Crippen LogP contribution in [-0.4, -0.2) is 37.3 Å². The molecule has 0 aromatic carbocycles. The van der Waals surface area contributed by atoms with Crippen molar-refractivity contribution in [1.82, 2.24) is 5.32 Å². The van der Waals surface area contributed by atoms with Gasteiger partial charge in [0, 0.05) is 30.7 Å². The van der Waals surface area contributed by atoms with E-state index in [0.717, 1.165) is 37.5 Å². The van der Waals surface area contributed by atoms with E-state index < -0.39 is 0 Å². The molecule has 0 saturated carbocycles. The van der Waals surface area contributed by atoms with Gasteiger partial charge in [0.1, 0.15) is 0 Å². The largest absolute Gasteiger partial charge is 0.380 e. The fraction of sp³-hybridized carbons (Fsp3) is 1.00. The van der Waals surface area contributed by atoms with Crippen LogP contribution in [0.3, 0.4) is 0 Å². The lowest BCUT2D eigenvalue weighted by Crippen LogP contribution is -2.23. The van der Waals surface area contributed by atoms with Crippen LogP contribution in [-0.2, 0) is 4.74 Å². The van der Waals surface area contributed by atoms with E-state index in [1.54, 1.807) is 0 Å². The van der Waals surface area contributed by atoms with E-state index >= 15 is 0 Å². The second kappa shape index (κ2) is 9.81. The zero-order chi connectivity index (χ0) is 10.8. The van der Waals surface area contributed by atoms with Crippen LogP contribution in [0.25, 0.3) is 0 Å². The van der Waals surface area contributed by atoms with Gasteiger partial charge < -0.3 is 10.1 Å². The fourth-order valence-electron chi connectivity index (χ4n) is 0.923. The van der Waals surface area contributed by atoms with Gasteiger partial charge >= 0.3 is 0 Å². The average Bonchev–Trinajstić information content (AvgIpc) is 2.16. The summed E-state index contributed by atoms with van der Waals surface area (Å²) in [4.78, 5) is 0. The average molecular weight is 219 g/mol. The zero-order valence-corrected chi connectivity index (χ0v) is 10.8. The van der Waals surface area contributed by atoms with E-state index in [1.165, 1.54) is 5.75 Å². The SMILES string of the molecule is CCOCCNCCSC(C)C(C)C. The highest BCUT2D eigenvalue weighted by Crippen LogP contribution is 2.17. The lowest BCUT2D eigenvalue weighted by Gasteiger charge is -2.14. The Morgan fingerprint density at radius 1 is 1.21 bits per heavy atom.